The molecule has 1 aliphatic rings. The highest BCUT2D eigenvalue weighted by molar-refractivity contribution is 8.27. The Morgan fingerprint density at radius 1 is 1.09 bits per heavy atom. The minimum absolute atomic E-state index is 0.0385. The molecule has 0 aromatic heterocycles. The molecule has 0 aliphatic carbocycles. The molecule has 0 unspecified atom stereocenters. The predicted molar refractivity (Wildman–Crippen MR) is 145 cm³/mol. The van der Waals surface area contributed by atoms with Crippen LogP contribution in [0.1, 0.15) is 5.56 Å². The van der Waals surface area contributed by atoms with Gasteiger partial charge in [-0.2, -0.15) is 0 Å². The molecule has 3 aromatic carbocycles. The highest BCUT2D eigenvalue weighted by Gasteiger charge is 2.33. The lowest BCUT2D eigenvalue weighted by Crippen LogP contribution is -2.27. The molecule has 1 aliphatic heterocycles. The number of amides is 1. The number of nitro benzene ring substituents is 1. The van der Waals surface area contributed by atoms with Gasteiger partial charge in [-0.1, -0.05) is 53.4 Å². The van der Waals surface area contributed by atoms with Crippen molar-refractivity contribution in [1.29, 1.82) is 0 Å². The van der Waals surface area contributed by atoms with Gasteiger partial charge in [0.2, 0.25) is 0 Å². The first-order valence-electron chi connectivity index (χ1n) is 10.00. The van der Waals surface area contributed by atoms with Crippen LogP contribution in [0.25, 0.3) is 6.08 Å². The third-order valence-electron chi connectivity index (χ3n) is 4.94. The van der Waals surface area contributed by atoms with Crippen molar-refractivity contribution in [2.75, 3.05) is 23.9 Å². The quantitative estimate of drug-likeness (QED) is 0.150. The minimum Gasteiger partial charge on any atom is -0.378 e. The molecule has 1 heterocycles. The van der Waals surface area contributed by atoms with Gasteiger partial charge < -0.3 is 4.90 Å². The normalized spacial score (nSPS) is 14.7. The van der Waals surface area contributed by atoms with E-state index in [1.54, 1.807) is 42.5 Å². The molecule has 1 amide bonds. The predicted octanol–water partition coefficient (Wildman–Crippen LogP) is 6.87. The van der Waals surface area contributed by atoms with Crippen molar-refractivity contribution in [2.24, 2.45) is 0 Å². The molecular weight excluding hydrogens is 510 g/mol. The van der Waals surface area contributed by atoms with Crippen LogP contribution in [0.4, 0.5) is 17.1 Å². The number of thioether (sulfide) groups is 1. The molecule has 3 aromatic rings. The second-order valence-corrected chi connectivity index (χ2v) is 10.7. The summed E-state index contributed by atoms with van der Waals surface area (Å²) in [4.78, 5) is 29.6. The first kappa shape index (κ1) is 24.3. The Hall–Kier alpha value is -2.85. The fourth-order valence-corrected chi connectivity index (χ4v) is 5.55. The van der Waals surface area contributed by atoms with Gasteiger partial charge in [-0.15, -0.1) is 0 Å². The number of carbonyl (C=O) groups is 1. The molecule has 10 heteroatoms. The van der Waals surface area contributed by atoms with Gasteiger partial charge in [-0.05, 0) is 66.2 Å². The Labute approximate surface area is 215 Å². The Morgan fingerprint density at radius 3 is 2.38 bits per heavy atom. The number of hydrogen-bond acceptors (Lipinski definition) is 7. The van der Waals surface area contributed by atoms with E-state index in [4.69, 9.17) is 23.8 Å². The lowest BCUT2D eigenvalue weighted by Gasteiger charge is -2.17. The highest BCUT2D eigenvalue weighted by atomic mass is 35.5. The molecule has 0 bridgehead atoms. The number of hydrogen-bond donors (Lipinski definition) is 0. The van der Waals surface area contributed by atoms with Crippen molar-refractivity contribution in [2.45, 2.75) is 9.79 Å². The van der Waals surface area contributed by atoms with Crippen LogP contribution in [0.5, 0.6) is 0 Å². The van der Waals surface area contributed by atoms with Crippen LogP contribution < -0.4 is 9.80 Å². The zero-order chi connectivity index (χ0) is 24.4. The first-order chi connectivity index (χ1) is 16.2. The zero-order valence-electron chi connectivity index (χ0n) is 18.1. The molecule has 34 heavy (non-hydrogen) atoms. The van der Waals surface area contributed by atoms with Crippen LogP contribution in [0.3, 0.4) is 0 Å². The fraction of sp³-hybridized carbons (Fsp3) is 0.0833. The van der Waals surface area contributed by atoms with E-state index in [0.29, 0.717) is 30.4 Å². The number of nitrogens with zero attached hydrogens (tertiary/aromatic N) is 3. The van der Waals surface area contributed by atoms with Crippen molar-refractivity contribution in [3.63, 3.8) is 0 Å². The molecule has 1 saturated heterocycles. The van der Waals surface area contributed by atoms with E-state index >= 15 is 0 Å². The average molecular weight is 528 g/mol. The van der Waals surface area contributed by atoms with Gasteiger partial charge in [-0.25, -0.2) is 0 Å². The number of thiocarbonyl (C=S) groups is 1. The molecule has 1 fully saturated rings. The summed E-state index contributed by atoms with van der Waals surface area (Å²) >= 11 is 13.8. The minimum atomic E-state index is -0.424. The summed E-state index contributed by atoms with van der Waals surface area (Å²) in [6.07, 6.45) is 1.64. The maximum atomic E-state index is 13.1. The van der Waals surface area contributed by atoms with E-state index in [0.717, 1.165) is 10.6 Å². The van der Waals surface area contributed by atoms with Crippen LogP contribution in [0.2, 0.25) is 5.02 Å². The zero-order valence-corrected chi connectivity index (χ0v) is 21.3. The van der Waals surface area contributed by atoms with E-state index < -0.39 is 4.92 Å². The van der Waals surface area contributed by atoms with Gasteiger partial charge in [0.25, 0.3) is 11.6 Å². The van der Waals surface area contributed by atoms with Crippen molar-refractivity contribution >= 4 is 80.7 Å². The molecule has 172 valence electrons. The Bertz CT molecular complexity index is 1310. The van der Waals surface area contributed by atoms with Crippen LogP contribution in [-0.2, 0) is 4.79 Å². The lowest BCUT2D eigenvalue weighted by molar-refractivity contribution is -0.387. The average Bonchev–Trinajstić information content (AvgIpc) is 3.08. The van der Waals surface area contributed by atoms with Crippen LogP contribution >= 0.6 is 47.3 Å². The number of carbonyl (C=O) groups excluding carboxylic acids is 1. The van der Waals surface area contributed by atoms with Crippen molar-refractivity contribution in [3.8, 4) is 0 Å². The summed E-state index contributed by atoms with van der Waals surface area (Å²) in [7, 11) is 3.88. The summed E-state index contributed by atoms with van der Waals surface area (Å²) in [5.74, 6) is -0.255. The molecule has 0 saturated carbocycles. The Balaban J connectivity index is 1.60. The summed E-state index contributed by atoms with van der Waals surface area (Å²) in [5, 5.41) is 12.3. The molecule has 4 rings (SSSR count). The molecule has 0 atom stereocenters. The standard InChI is InChI=1S/C24H18ClN3O3S3/c1-26(2)17-6-8-18(9-7-17)27-23(29)22(34-24(27)32)14-15-3-12-21(20(13-15)28(30)31)33-19-10-4-16(25)5-11-19/h3-14H,1-2H3/b22-14-. The van der Waals surface area contributed by atoms with Crippen molar-refractivity contribution in [3.05, 3.63) is 92.3 Å². The topological polar surface area (TPSA) is 66.7 Å². The third kappa shape index (κ3) is 5.28. The van der Waals surface area contributed by atoms with E-state index in [2.05, 4.69) is 0 Å². The SMILES string of the molecule is CN(C)c1ccc(N2C(=O)/C(=C/c3ccc(Sc4ccc(Cl)cc4)c([N+](=O)[O-])c3)SC2=S)cc1. The Kier molecular flexibility index (Phi) is 7.27. The Morgan fingerprint density at radius 2 is 1.76 bits per heavy atom. The van der Waals surface area contributed by atoms with E-state index in [1.807, 2.05) is 43.3 Å². The molecule has 0 spiro atoms. The molecular formula is C24H18ClN3O3S3. The largest absolute Gasteiger partial charge is 0.378 e. The second-order valence-electron chi connectivity index (χ2n) is 7.47. The maximum absolute atomic E-state index is 13.1. The number of nitro groups is 1. The summed E-state index contributed by atoms with van der Waals surface area (Å²) < 4.78 is 0.415. The molecule has 0 N–H and O–H groups in total. The van der Waals surface area contributed by atoms with E-state index in [9.17, 15) is 14.9 Å². The first-order valence-corrected chi connectivity index (χ1v) is 12.4. The number of anilines is 2. The van der Waals surface area contributed by atoms with Gasteiger partial charge in [0.1, 0.15) is 0 Å². The van der Waals surface area contributed by atoms with Crippen molar-refractivity contribution < 1.29 is 9.72 Å². The van der Waals surface area contributed by atoms with Gasteiger partial charge >= 0.3 is 0 Å². The smallest absolute Gasteiger partial charge is 0.283 e. The maximum Gasteiger partial charge on any atom is 0.283 e. The summed E-state index contributed by atoms with van der Waals surface area (Å²) in [6, 6.07) is 19.5. The molecule has 6 nitrogen and oxygen atoms in total. The molecule has 0 radical (unpaired) electrons. The fourth-order valence-electron chi connectivity index (χ4n) is 3.22. The number of rotatable bonds is 6. The number of halogens is 1. The van der Waals surface area contributed by atoms with Gasteiger partial charge in [0.15, 0.2) is 4.32 Å². The monoisotopic (exact) mass is 527 g/mol. The van der Waals surface area contributed by atoms with Gasteiger partial charge in [0.05, 0.1) is 20.4 Å². The van der Waals surface area contributed by atoms with E-state index in [-0.39, 0.29) is 11.6 Å². The van der Waals surface area contributed by atoms with Gasteiger partial charge in [-0.3, -0.25) is 19.8 Å². The van der Waals surface area contributed by atoms with Gasteiger partial charge in [0, 0.05) is 35.8 Å². The van der Waals surface area contributed by atoms with Crippen LogP contribution in [0.15, 0.2) is 81.4 Å². The van der Waals surface area contributed by atoms with E-state index in [1.165, 1.54) is 34.5 Å². The van der Waals surface area contributed by atoms with Crippen LogP contribution in [-0.4, -0.2) is 29.2 Å². The highest BCUT2D eigenvalue weighted by Crippen LogP contribution is 2.39. The van der Waals surface area contributed by atoms with Crippen molar-refractivity contribution in [1.82, 2.24) is 0 Å². The van der Waals surface area contributed by atoms with Crippen LogP contribution in [0, 0.1) is 10.1 Å². The summed E-state index contributed by atoms with van der Waals surface area (Å²) in [5.41, 5.74) is 2.20. The number of benzene rings is 3. The second kappa shape index (κ2) is 10.2. The lowest BCUT2D eigenvalue weighted by atomic mass is 10.2. The third-order valence-corrected chi connectivity index (χ3v) is 7.56. The summed E-state index contributed by atoms with van der Waals surface area (Å²) in [6.45, 7) is 0.